The SMILES string of the molecule is CC(=O)O[C@H]1CC[C@H]2[C@H]3CC[C@@H]4[C@@H](Br)C(=O)CC[C@]4(C)[C@@H]3CC[C@]12C. The molecule has 25 heavy (non-hydrogen) atoms. The number of ether oxygens (including phenoxy) is 1. The Labute approximate surface area is 159 Å². The van der Waals surface area contributed by atoms with Gasteiger partial charge < -0.3 is 4.74 Å². The van der Waals surface area contributed by atoms with Gasteiger partial charge in [-0.15, -0.1) is 0 Å². The molecule has 0 aromatic carbocycles. The molecule has 4 fully saturated rings. The number of fused-ring (bicyclic) bond motifs is 5. The molecule has 0 bridgehead atoms. The summed E-state index contributed by atoms with van der Waals surface area (Å²) in [5.74, 6) is 2.95. The Balaban J connectivity index is 1.60. The molecule has 8 atom stereocenters. The third-order valence-corrected chi connectivity index (χ3v) is 9.88. The van der Waals surface area contributed by atoms with E-state index in [4.69, 9.17) is 4.74 Å². The molecule has 0 aliphatic heterocycles. The highest BCUT2D eigenvalue weighted by Crippen LogP contribution is 2.66. The van der Waals surface area contributed by atoms with Crippen molar-refractivity contribution in [1.29, 1.82) is 0 Å². The number of halogens is 1. The van der Waals surface area contributed by atoms with Gasteiger partial charge in [-0.25, -0.2) is 0 Å². The van der Waals surface area contributed by atoms with Crippen LogP contribution in [0.15, 0.2) is 0 Å². The lowest BCUT2D eigenvalue weighted by atomic mass is 9.45. The highest BCUT2D eigenvalue weighted by molar-refractivity contribution is 9.10. The van der Waals surface area contributed by atoms with E-state index < -0.39 is 0 Å². The first-order chi connectivity index (χ1) is 11.8. The predicted octanol–water partition coefficient (Wildman–Crippen LogP) is 4.90. The van der Waals surface area contributed by atoms with Crippen molar-refractivity contribution in [1.82, 2.24) is 0 Å². The van der Waals surface area contributed by atoms with Crippen molar-refractivity contribution in [2.45, 2.75) is 83.1 Å². The summed E-state index contributed by atoms with van der Waals surface area (Å²) < 4.78 is 5.74. The van der Waals surface area contributed by atoms with Gasteiger partial charge in [0.2, 0.25) is 0 Å². The van der Waals surface area contributed by atoms with E-state index in [9.17, 15) is 9.59 Å². The fourth-order valence-corrected chi connectivity index (χ4v) is 8.53. The van der Waals surface area contributed by atoms with Crippen LogP contribution in [-0.2, 0) is 14.3 Å². The number of hydrogen-bond acceptors (Lipinski definition) is 3. The van der Waals surface area contributed by atoms with Crippen LogP contribution >= 0.6 is 15.9 Å². The van der Waals surface area contributed by atoms with E-state index in [2.05, 4.69) is 29.8 Å². The number of Topliss-reactive ketones (excluding diaryl/α,β-unsaturated/α-hetero) is 1. The molecule has 4 saturated carbocycles. The average Bonchev–Trinajstić information content (AvgIpc) is 2.88. The van der Waals surface area contributed by atoms with Gasteiger partial charge in [0.1, 0.15) is 11.9 Å². The van der Waals surface area contributed by atoms with Gasteiger partial charge in [-0.3, -0.25) is 9.59 Å². The molecule has 0 spiro atoms. The summed E-state index contributed by atoms with van der Waals surface area (Å²) in [4.78, 5) is 23.8. The maximum atomic E-state index is 12.2. The van der Waals surface area contributed by atoms with E-state index in [0.29, 0.717) is 23.0 Å². The number of carbonyl (C=O) groups excluding carboxylic acids is 2. The number of rotatable bonds is 1. The maximum absolute atomic E-state index is 12.2. The highest BCUT2D eigenvalue weighted by Gasteiger charge is 2.62. The van der Waals surface area contributed by atoms with Crippen LogP contribution in [0.25, 0.3) is 0 Å². The summed E-state index contributed by atoms with van der Waals surface area (Å²) in [6.07, 6.45) is 8.96. The molecule has 0 aromatic rings. The molecule has 4 heteroatoms. The van der Waals surface area contributed by atoms with E-state index in [0.717, 1.165) is 31.1 Å². The zero-order chi connectivity index (χ0) is 18.0. The molecule has 0 aromatic heterocycles. The number of carbonyl (C=O) groups is 2. The maximum Gasteiger partial charge on any atom is 0.302 e. The molecule has 0 amide bonds. The van der Waals surface area contributed by atoms with Gasteiger partial charge in [0.15, 0.2) is 0 Å². The Morgan fingerprint density at radius 3 is 2.40 bits per heavy atom. The summed E-state index contributed by atoms with van der Waals surface area (Å²) in [5, 5.41) is 0. The summed E-state index contributed by atoms with van der Waals surface area (Å²) in [6.45, 7) is 6.39. The number of alkyl halides is 1. The van der Waals surface area contributed by atoms with Crippen molar-refractivity contribution in [3.63, 3.8) is 0 Å². The summed E-state index contributed by atoms with van der Waals surface area (Å²) >= 11 is 3.74. The van der Waals surface area contributed by atoms with Gasteiger partial charge in [0, 0.05) is 18.8 Å². The number of hydrogen-bond donors (Lipinski definition) is 0. The molecule has 0 radical (unpaired) electrons. The second kappa shape index (κ2) is 6.07. The summed E-state index contributed by atoms with van der Waals surface area (Å²) in [6, 6.07) is 0. The van der Waals surface area contributed by atoms with E-state index in [1.54, 1.807) is 6.92 Å². The van der Waals surface area contributed by atoms with Crippen LogP contribution in [0.3, 0.4) is 0 Å². The van der Waals surface area contributed by atoms with Crippen LogP contribution in [0.1, 0.15) is 72.1 Å². The van der Waals surface area contributed by atoms with Gasteiger partial charge in [-0.1, -0.05) is 29.8 Å². The van der Waals surface area contributed by atoms with Gasteiger partial charge in [0.25, 0.3) is 0 Å². The monoisotopic (exact) mass is 410 g/mol. The summed E-state index contributed by atoms with van der Waals surface area (Å²) in [7, 11) is 0. The Morgan fingerprint density at radius 1 is 1.00 bits per heavy atom. The molecule has 3 nitrogen and oxygen atoms in total. The quantitative estimate of drug-likeness (QED) is 0.455. The van der Waals surface area contributed by atoms with Gasteiger partial charge in [-0.2, -0.15) is 0 Å². The smallest absolute Gasteiger partial charge is 0.302 e. The van der Waals surface area contributed by atoms with Crippen LogP contribution in [-0.4, -0.2) is 22.7 Å². The van der Waals surface area contributed by atoms with E-state index >= 15 is 0 Å². The summed E-state index contributed by atoms with van der Waals surface area (Å²) in [5.41, 5.74) is 0.458. The van der Waals surface area contributed by atoms with E-state index in [1.807, 2.05) is 0 Å². The fourth-order valence-electron chi connectivity index (χ4n) is 7.44. The standard InChI is InChI=1S/C21H31BrO3/c1-12(23)25-18-7-6-14-13-4-5-16-19(22)17(24)9-11-20(16,2)15(13)8-10-21(14,18)3/h13-16,18-19H,4-11H2,1-3H3/t13-,14+,15-,16-,18+,19-,20-,21+/m1/s1. The molecular weight excluding hydrogens is 380 g/mol. The second-order valence-electron chi connectivity index (χ2n) is 9.65. The first-order valence-corrected chi connectivity index (χ1v) is 11.0. The van der Waals surface area contributed by atoms with Gasteiger partial charge in [-0.05, 0) is 74.0 Å². The minimum absolute atomic E-state index is 0.0675. The Kier molecular flexibility index (Phi) is 4.37. The average molecular weight is 411 g/mol. The van der Waals surface area contributed by atoms with Crippen LogP contribution in [0.5, 0.6) is 0 Å². The van der Waals surface area contributed by atoms with Crippen molar-refractivity contribution in [2.24, 2.45) is 34.5 Å². The zero-order valence-electron chi connectivity index (χ0n) is 15.7. The normalized spacial score (nSPS) is 52.1. The van der Waals surface area contributed by atoms with Crippen LogP contribution in [0, 0.1) is 34.5 Å². The van der Waals surface area contributed by atoms with E-state index in [1.165, 1.54) is 32.1 Å². The minimum Gasteiger partial charge on any atom is -0.462 e. The van der Waals surface area contributed by atoms with Gasteiger partial charge >= 0.3 is 5.97 Å². The largest absolute Gasteiger partial charge is 0.462 e. The highest BCUT2D eigenvalue weighted by atomic mass is 79.9. The molecular formula is C21H31BrO3. The van der Waals surface area contributed by atoms with Crippen molar-refractivity contribution in [3.05, 3.63) is 0 Å². The topological polar surface area (TPSA) is 43.4 Å². The third kappa shape index (κ3) is 2.56. The van der Waals surface area contributed by atoms with Crippen molar-refractivity contribution in [3.8, 4) is 0 Å². The lowest BCUT2D eigenvalue weighted by Gasteiger charge is -2.60. The number of esters is 1. The lowest BCUT2D eigenvalue weighted by Crippen LogP contribution is -2.56. The molecule has 140 valence electrons. The second-order valence-corrected chi connectivity index (χ2v) is 10.6. The van der Waals surface area contributed by atoms with E-state index in [-0.39, 0.29) is 22.3 Å². The van der Waals surface area contributed by atoms with Crippen molar-refractivity contribution >= 4 is 27.7 Å². The Bertz CT molecular complexity index is 590. The molecule has 0 N–H and O–H groups in total. The van der Waals surface area contributed by atoms with Crippen molar-refractivity contribution < 1.29 is 14.3 Å². The minimum atomic E-state index is -0.127. The molecule has 0 heterocycles. The first kappa shape index (κ1) is 18.0. The molecule has 0 unspecified atom stereocenters. The van der Waals surface area contributed by atoms with Gasteiger partial charge in [0.05, 0.1) is 4.83 Å². The molecule has 4 aliphatic rings. The molecule has 4 aliphatic carbocycles. The molecule has 4 rings (SSSR count). The predicted molar refractivity (Wildman–Crippen MR) is 100 cm³/mol. The third-order valence-electron chi connectivity index (χ3n) is 8.73. The lowest BCUT2D eigenvalue weighted by molar-refractivity contribution is -0.161. The Hall–Kier alpha value is -0.380. The molecule has 0 saturated heterocycles. The zero-order valence-corrected chi connectivity index (χ0v) is 17.3. The van der Waals surface area contributed by atoms with Crippen LogP contribution < -0.4 is 0 Å². The van der Waals surface area contributed by atoms with Crippen LogP contribution in [0.4, 0.5) is 0 Å². The van der Waals surface area contributed by atoms with Crippen LogP contribution in [0.2, 0.25) is 0 Å². The number of ketones is 1. The Morgan fingerprint density at radius 2 is 1.68 bits per heavy atom. The fraction of sp³-hybridized carbons (Fsp3) is 0.905. The first-order valence-electron chi connectivity index (χ1n) is 10.1. The van der Waals surface area contributed by atoms with Crippen molar-refractivity contribution in [2.75, 3.05) is 0 Å².